The molecule has 0 amide bonds. The fourth-order valence-electron chi connectivity index (χ4n) is 1.68. The zero-order chi connectivity index (χ0) is 13.1. The maximum atomic E-state index is 10.7. The topological polar surface area (TPSA) is 84.6 Å². The second kappa shape index (κ2) is 4.79. The summed E-state index contributed by atoms with van der Waals surface area (Å²) in [7, 11) is 1.46. The van der Waals surface area contributed by atoms with Gasteiger partial charge < -0.3 is 19.5 Å². The number of carboxylic acid groups (broad SMARTS) is 1. The van der Waals surface area contributed by atoms with E-state index in [1.807, 2.05) is 0 Å². The molecular weight excluding hydrogens is 236 g/mol. The molecule has 0 aliphatic carbocycles. The van der Waals surface area contributed by atoms with Crippen molar-refractivity contribution in [3.05, 3.63) is 30.7 Å². The van der Waals surface area contributed by atoms with E-state index in [0.717, 1.165) is 0 Å². The van der Waals surface area contributed by atoms with Crippen LogP contribution in [0.25, 0.3) is 11.3 Å². The molecule has 0 unspecified atom stereocenters. The van der Waals surface area contributed by atoms with Crippen molar-refractivity contribution in [2.24, 2.45) is 0 Å². The molecular formula is C12H12N2O4. The van der Waals surface area contributed by atoms with E-state index in [-0.39, 0.29) is 12.3 Å². The van der Waals surface area contributed by atoms with Crippen molar-refractivity contribution in [2.75, 3.05) is 7.11 Å². The maximum Gasteiger partial charge on any atom is 0.323 e. The van der Waals surface area contributed by atoms with Crippen LogP contribution in [0.15, 0.2) is 30.7 Å². The van der Waals surface area contributed by atoms with Crippen LogP contribution in [-0.2, 0) is 11.3 Å². The molecule has 1 aromatic carbocycles. The van der Waals surface area contributed by atoms with E-state index in [0.29, 0.717) is 17.0 Å². The van der Waals surface area contributed by atoms with Crippen LogP contribution < -0.4 is 4.74 Å². The first-order valence-corrected chi connectivity index (χ1v) is 5.21. The smallest absolute Gasteiger partial charge is 0.323 e. The fraction of sp³-hybridized carbons (Fsp3) is 0.167. The van der Waals surface area contributed by atoms with Gasteiger partial charge in [0.25, 0.3) is 0 Å². The normalized spacial score (nSPS) is 10.3. The number of imidazole rings is 1. The minimum atomic E-state index is -0.952. The summed E-state index contributed by atoms with van der Waals surface area (Å²) >= 11 is 0. The highest BCUT2D eigenvalue weighted by atomic mass is 16.5. The number of rotatable bonds is 4. The Labute approximate surface area is 103 Å². The molecule has 0 fully saturated rings. The van der Waals surface area contributed by atoms with Crippen molar-refractivity contribution in [1.29, 1.82) is 0 Å². The number of ether oxygens (including phenoxy) is 1. The number of methoxy groups -OCH3 is 1. The Morgan fingerprint density at radius 2 is 2.28 bits per heavy atom. The second-order valence-electron chi connectivity index (χ2n) is 3.69. The number of carboxylic acids is 1. The van der Waals surface area contributed by atoms with Gasteiger partial charge in [0.2, 0.25) is 0 Å². The first-order valence-electron chi connectivity index (χ1n) is 5.21. The molecule has 1 aromatic heterocycles. The number of nitrogens with zero attached hydrogens (tertiary/aromatic N) is 2. The summed E-state index contributed by atoms with van der Waals surface area (Å²) in [6, 6.07) is 4.85. The molecule has 0 bridgehead atoms. The molecule has 2 N–H and O–H groups in total. The summed E-state index contributed by atoms with van der Waals surface area (Å²) in [5.41, 5.74) is 1.29. The van der Waals surface area contributed by atoms with Crippen LogP contribution in [-0.4, -0.2) is 32.8 Å². The molecule has 0 saturated heterocycles. The van der Waals surface area contributed by atoms with E-state index >= 15 is 0 Å². The third kappa shape index (κ3) is 2.27. The summed E-state index contributed by atoms with van der Waals surface area (Å²) in [4.78, 5) is 14.6. The molecule has 0 radical (unpaired) electrons. The lowest BCUT2D eigenvalue weighted by atomic mass is 10.1. The number of hydrogen-bond donors (Lipinski definition) is 2. The molecule has 1 heterocycles. The van der Waals surface area contributed by atoms with E-state index in [1.54, 1.807) is 18.3 Å². The van der Waals surface area contributed by atoms with Crippen molar-refractivity contribution >= 4 is 5.97 Å². The van der Waals surface area contributed by atoms with E-state index in [4.69, 9.17) is 9.84 Å². The van der Waals surface area contributed by atoms with Crippen molar-refractivity contribution < 1.29 is 19.7 Å². The predicted molar refractivity (Wildman–Crippen MR) is 63.5 cm³/mol. The number of hydrogen-bond acceptors (Lipinski definition) is 4. The van der Waals surface area contributed by atoms with E-state index < -0.39 is 5.97 Å². The number of carbonyl (C=O) groups is 1. The van der Waals surface area contributed by atoms with E-state index in [2.05, 4.69) is 4.98 Å². The van der Waals surface area contributed by atoms with Crippen LogP contribution in [0.4, 0.5) is 0 Å². The Bertz CT molecular complexity index is 577. The summed E-state index contributed by atoms with van der Waals surface area (Å²) in [5, 5.41) is 18.5. The molecule has 0 saturated carbocycles. The molecule has 0 atom stereocenters. The van der Waals surface area contributed by atoms with Gasteiger partial charge >= 0.3 is 5.97 Å². The van der Waals surface area contributed by atoms with Crippen molar-refractivity contribution in [3.8, 4) is 22.8 Å². The number of aromatic nitrogens is 2. The Hall–Kier alpha value is -2.50. The van der Waals surface area contributed by atoms with Gasteiger partial charge in [-0.05, 0) is 18.2 Å². The number of aromatic hydroxyl groups is 1. The highest BCUT2D eigenvalue weighted by molar-refractivity contribution is 5.69. The van der Waals surface area contributed by atoms with Gasteiger partial charge in [-0.3, -0.25) is 4.79 Å². The van der Waals surface area contributed by atoms with Crippen LogP contribution in [0.5, 0.6) is 11.5 Å². The van der Waals surface area contributed by atoms with Gasteiger partial charge in [-0.25, -0.2) is 4.98 Å². The summed E-state index contributed by atoms with van der Waals surface area (Å²) in [6.07, 6.45) is 2.98. The van der Waals surface area contributed by atoms with Crippen LogP contribution in [0.3, 0.4) is 0 Å². The molecule has 0 spiro atoms. The standard InChI is InChI=1S/C12H12N2O4/c1-18-11-3-2-8(4-10(11)15)9-5-13-7-14(9)6-12(16)17/h2-5,7,15H,6H2,1H3,(H,16,17). The molecule has 18 heavy (non-hydrogen) atoms. The Balaban J connectivity index is 2.40. The lowest BCUT2D eigenvalue weighted by molar-refractivity contribution is -0.137. The third-order valence-corrected chi connectivity index (χ3v) is 2.49. The summed E-state index contributed by atoms with van der Waals surface area (Å²) in [5.74, 6) is -0.590. The maximum absolute atomic E-state index is 10.7. The number of phenols is 1. The average Bonchev–Trinajstić information content (AvgIpc) is 2.76. The van der Waals surface area contributed by atoms with Crippen molar-refractivity contribution in [3.63, 3.8) is 0 Å². The van der Waals surface area contributed by atoms with Crippen LogP contribution in [0, 0.1) is 0 Å². The van der Waals surface area contributed by atoms with Gasteiger partial charge in [-0.2, -0.15) is 0 Å². The number of benzene rings is 1. The lowest BCUT2D eigenvalue weighted by Crippen LogP contribution is -2.08. The third-order valence-electron chi connectivity index (χ3n) is 2.49. The zero-order valence-corrected chi connectivity index (χ0v) is 9.70. The molecule has 6 nitrogen and oxygen atoms in total. The number of aliphatic carboxylic acids is 1. The Morgan fingerprint density at radius 1 is 1.50 bits per heavy atom. The molecule has 0 aliphatic rings. The molecule has 94 valence electrons. The highest BCUT2D eigenvalue weighted by Gasteiger charge is 2.10. The van der Waals surface area contributed by atoms with E-state index in [9.17, 15) is 9.90 Å². The van der Waals surface area contributed by atoms with Crippen molar-refractivity contribution in [1.82, 2.24) is 9.55 Å². The van der Waals surface area contributed by atoms with Gasteiger partial charge in [0.1, 0.15) is 6.54 Å². The van der Waals surface area contributed by atoms with Gasteiger partial charge in [-0.1, -0.05) is 0 Å². The quantitative estimate of drug-likeness (QED) is 0.853. The lowest BCUT2D eigenvalue weighted by Gasteiger charge is -2.08. The monoisotopic (exact) mass is 248 g/mol. The summed E-state index contributed by atoms with van der Waals surface area (Å²) in [6.45, 7) is -0.178. The minimum Gasteiger partial charge on any atom is -0.504 e. The van der Waals surface area contributed by atoms with Crippen LogP contribution >= 0.6 is 0 Å². The predicted octanol–water partition coefficient (Wildman–Crippen LogP) is 1.35. The second-order valence-corrected chi connectivity index (χ2v) is 3.69. The van der Waals surface area contributed by atoms with Gasteiger partial charge in [0, 0.05) is 5.56 Å². The van der Waals surface area contributed by atoms with Crippen LogP contribution in [0.2, 0.25) is 0 Å². The minimum absolute atomic E-state index is 0.00178. The van der Waals surface area contributed by atoms with Gasteiger partial charge in [0.05, 0.1) is 25.3 Å². The van der Waals surface area contributed by atoms with Crippen molar-refractivity contribution in [2.45, 2.75) is 6.54 Å². The SMILES string of the molecule is COc1ccc(-c2cncn2CC(=O)O)cc1O. The van der Waals surface area contributed by atoms with Crippen LogP contribution in [0.1, 0.15) is 0 Å². The highest BCUT2D eigenvalue weighted by Crippen LogP contribution is 2.31. The first-order chi connectivity index (χ1) is 8.61. The summed E-state index contributed by atoms with van der Waals surface area (Å²) < 4.78 is 6.44. The number of phenolic OH excluding ortho intramolecular Hbond substituents is 1. The van der Waals surface area contributed by atoms with E-state index in [1.165, 1.54) is 24.1 Å². The molecule has 2 aromatic rings. The van der Waals surface area contributed by atoms with Gasteiger partial charge in [-0.15, -0.1) is 0 Å². The molecule has 6 heteroatoms. The average molecular weight is 248 g/mol. The first kappa shape index (κ1) is 12.0. The molecule has 2 rings (SSSR count). The Morgan fingerprint density at radius 3 is 2.89 bits per heavy atom. The zero-order valence-electron chi connectivity index (χ0n) is 9.70. The Kier molecular flexibility index (Phi) is 3.18. The molecule has 0 aliphatic heterocycles. The largest absolute Gasteiger partial charge is 0.504 e. The fourth-order valence-corrected chi connectivity index (χ4v) is 1.68. The van der Waals surface area contributed by atoms with Gasteiger partial charge in [0.15, 0.2) is 11.5 Å².